The molecule has 0 atom stereocenters. The van der Waals surface area contributed by atoms with Gasteiger partial charge in [-0.15, -0.1) is 0 Å². The van der Waals surface area contributed by atoms with E-state index in [1.54, 1.807) is 36.4 Å². The molecule has 0 fully saturated rings. The molecule has 0 saturated heterocycles. The van der Waals surface area contributed by atoms with E-state index in [4.69, 9.17) is 0 Å². The van der Waals surface area contributed by atoms with Crippen LogP contribution in [0, 0.1) is 5.82 Å². The molecule has 2 rings (SSSR count). The molecule has 0 radical (unpaired) electrons. The van der Waals surface area contributed by atoms with E-state index in [0.29, 0.717) is 11.1 Å². The molecule has 22 heavy (non-hydrogen) atoms. The number of nitrogens with one attached hydrogen (secondary N) is 2. The number of carbonyl (C=O) groups is 2. The summed E-state index contributed by atoms with van der Waals surface area (Å²) >= 11 is 3.27. The quantitative estimate of drug-likeness (QED) is 0.651. The van der Waals surface area contributed by atoms with E-state index >= 15 is 0 Å². The van der Waals surface area contributed by atoms with E-state index < -0.39 is 11.8 Å². The van der Waals surface area contributed by atoms with Crippen molar-refractivity contribution >= 4 is 33.8 Å². The number of carbonyl (C=O) groups excluding carboxylic acids is 2. The van der Waals surface area contributed by atoms with Crippen molar-refractivity contribution in [3.05, 3.63) is 76.0 Å². The van der Waals surface area contributed by atoms with E-state index in [1.807, 2.05) is 0 Å². The summed E-state index contributed by atoms with van der Waals surface area (Å²) in [6, 6.07) is 12.5. The third-order valence-corrected chi connectivity index (χ3v) is 3.21. The second-order valence-electron chi connectivity index (χ2n) is 4.34. The molecule has 4 nitrogen and oxygen atoms in total. The van der Waals surface area contributed by atoms with Gasteiger partial charge in [0.2, 0.25) is 0 Å². The highest BCUT2D eigenvalue weighted by Crippen LogP contribution is 2.10. The van der Waals surface area contributed by atoms with Crippen molar-refractivity contribution in [2.45, 2.75) is 0 Å². The molecule has 2 amide bonds. The minimum Gasteiger partial charge on any atom is -0.268 e. The van der Waals surface area contributed by atoms with Gasteiger partial charge >= 0.3 is 0 Å². The third kappa shape index (κ3) is 4.82. The van der Waals surface area contributed by atoms with Crippen LogP contribution in [0.5, 0.6) is 0 Å². The normalized spacial score (nSPS) is 10.5. The van der Waals surface area contributed by atoms with Gasteiger partial charge in [0.15, 0.2) is 0 Å². The summed E-state index contributed by atoms with van der Waals surface area (Å²) < 4.78 is 13.8. The smallest absolute Gasteiger partial charge is 0.268 e. The molecule has 0 aliphatic heterocycles. The second kappa shape index (κ2) is 7.51. The van der Waals surface area contributed by atoms with Gasteiger partial charge in [-0.3, -0.25) is 20.4 Å². The van der Waals surface area contributed by atoms with Gasteiger partial charge in [-0.05, 0) is 48.0 Å². The van der Waals surface area contributed by atoms with Gasteiger partial charge in [0.05, 0.1) is 0 Å². The number of hydrogen-bond acceptors (Lipinski definition) is 2. The maximum Gasteiger partial charge on any atom is 0.269 e. The molecule has 2 N–H and O–H groups in total. The molecular formula is C16H12BrFN2O2. The van der Waals surface area contributed by atoms with Crippen molar-refractivity contribution < 1.29 is 14.0 Å². The molecule has 0 bridgehead atoms. The van der Waals surface area contributed by atoms with E-state index in [-0.39, 0.29) is 5.82 Å². The van der Waals surface area contributed by atoms with E-state index in [0.717, 1.165) is 4.47 Å². The van der Waals surface area contributed by atoms with Crippen LogP contribution in [-0.2, 0) is 4.79 Å². The molecule has 112 valence electrons. The summed E-state index contributed by atoms with van der Waals surface area (Å²) in [7, 11) is 0. The Labute approximate surface area is 135 Å². The maximum absolute atomic E-state index is 13.0. The number of halogens is 2. The van der Waals surface area contributed by atoms with Gasteiger partial charge in [0.1, 0.15) is 5.82 Å². The van der Waals surface area contributed by atoms with Crippen LogP contribution in [0.3, 0.4) is 0 Å². The van der Waals surface area contributed by atoms with E-state index in [2.05, 4.69) is 26.8 Å². The average molecular weight is 363 g/mol. The lowest BCUT2D eigenvalue weighted by molar-refractivity contribution is -0.117. The van der Waals surface area contributed by atoms with Crippen LogP contribution < -0.4 is 10.9 Å². The minimum atomic E-state index is -0.519. The van der Waals surface area contributed by atoms with Crippen molar-refractivity contribution in [2.75, 3.05) is 0 Å². The fourth-order valence-corrected chi connectivity index (χ4v) is 1.88. The first-order valence-corrected chi connectivity index (χ1v) is 7.13. The minimum absolute atomic E-state index is 0.383. The van der Waals surface area contributed by atoms with Gasteiger partial charge in [-0.1, -0.05) is 28.1 Å². The Balaban J connectivity index is 1.87. The first-order valence-electron chi connectivity index (χ1n) is 6.34. The van der Waals surface area contributed by atoms with Gasteiger partial charge in [0.25, 0.3) is 11.8 Å². The molecule has 2 aromatic carbocycles. The molecule has 0 aromatic heterocycles. The Kier molecular flexibility index (Phi) is 5.43. The predicted octanol–water partition coefficient (Wildman–Crippen LogP) is 3.06. The Bertz CT molecular complexity index is 714. The second-order valence-corrected chi connectivity index (χ2v) is 5.25. The van der Waals surface area contributed by atoms with Crippen molar-refractivity contribution in [1.29, 1.82) is 0 Å². The number of benzene rings is 2. The van der Waals surface area contributed by atoms with Crippen LogP contribution in [-0.4, -0.2) is 11.8 Å². The van der Waals surface area contributed by atoms with Crippen molar-refractivity contribution in [2.24, 2.45) is 0 Å². The molecular weight excluding hydrogens is 351 g/mol. The molecule has 0 saturated carbocycles. The lowest BCUT2D eigenvalue weighted by Crippen LogP contribution is -2.40. The van der Waals surface area contributed by atoms with Gasteiger partial charge in [0, 0.05) is 16.1 Å². The highest BCUT2D eigenvalue weighted by atomic mass is 79.9. The predicted molar refractivity (Wildman–Crippen MR) is 85.2 cm³/mol. The molecule has 2 aromatic rings. The summed E-state index contributed by atoms with van der Waals surface area (Å²) in [6.45, 7) is 0. The summed E-state index contributed by atoms with van der Waals surface area (Å²) in [4.78, 5) is 23.3. The Morgan fingerprint density at radius 2 is 1.77 bits per heavy atom. The molecule has 0 spiro atoms. The third-order valence-electron chi connectivity index (χ3n) is 2.68. The molecule has 0 aliphatic carbocycles. The average Bonchev–Trinajstić information content (AvgIpc) is 2.51. The van der Waals surface area contributed by atoms with Crippen LogP contribution in [0.2, 0.25) is 0 Å². The topological polar surface area (TPSA) is 58.2 Å². The summed E-state index contributed by atoms with van der Waals surface area (Å²) in [5.74, 6) is -1.33. The van der Waals surface area contributed by atoms with Crippen LogP contribution >= 0.6 is 15.9 Å². The molecule has 0 aliphatic rings. The zero-order chi connectivity index (χ0) is 15.9. The summed E-state index contributed by atoms with van der Waals surface area (Å²) in [5.41, 5.74) is 5.50. The van der Waals surface area contributed by atoms with Crippen molar-refractivity contribution in [3.8, 4) is 0 Å². The fourth-order valence-electron chi connectivity index (χ4n) is 1.62. The Hall–Kier alpha value is -2.47. The monoisotopic (exact) mass is 362 g/mol. The highest BCUT2D eigenvalue weighted by molar-refractivity contribution is 9.10. The van der Waals surface area contributed by atoms with E-state index in [1.165, 1.54) is 24.3 Å². The SMILES string of the molecule is O=C(C=Cc1cccc(F)c1)NNC(=O)c1ccc(Br)cc1. The molecule has 0 unspecified atom stereocenters. The van der Waals surface area contributed by atoms with Crippen LogP contribution in [0.4, 0.5) is 4.39 Å². The number of amides is 2. The first kappa shape index (κ1) is 15.9. The number of hydrogen-bond donors (Lipinski definition) is 2. The molecule has 0 heterocycles. The highest BCUT2D eigenvalue weighted by Gasteiger charge is 2.05. The Morgan fingerprint density at radius 3 is 2.45 bits per heavy atom. The fraction of sp³-hybridized carbons (Fsp3) is 0. The maximum atomic E-state index is 13.0. The Morgan fingerprint density at radius 1 is 1.05 bits per heavy atom. The van der Waals surface area contributed by atoms with Crippen LogP contribution in [0.25, 0.3) is 6.08 Å². The van der Waals surface area contributed by atoms with Crippen molar-refractivity contribution in [3.63, 3.8) is 0 Å². The lowest BCUT2D eigenvalue weighted by atomic mass is 10.2. The van der Waals surface area contributed by atoms with Crippen LogP contribution in [0.1, 0.15) is 15.9 Å². The van der Waals surface area contributed by atoms with Crippen molar-refractivity contribution in [1.82, 2.24) is 10.9 Å². The van der Waals surface area contributed by atoms with E-state index in [9.17, 15) is 14.0 Å². The summed E-state index contributed by atoms with van der Waals surface area (Å²) in [5, 5.41) is 0. The first-order chi connectivity index (χ1) is 10.5. The standard InChI is InChI=1S/C16H12BrFN2O2/c17-13-7-5-12(6-8-13)16(22)20-19-15(21)9-4-11-2-1-3-14(18)10-11/h1-10H,(H,19,21)(H,20,22). The number of rotatable bonds is 3. The lowest BCUT2D eigenvalue weighted by Gasteiger charge is -2.05. The summed E-state index contributed by atoms with van der Waals surface area (Å²) in [6.07, 6.45) is 2.65. The zero-order valence-electron chi connectivity index (χ0n) is 11.3. The van der Waals surface area contributed by atoms with Gasteiger partial charge in [-0.2, -0.15) is 0 Å². The van der Waals surface area contributed by atoms with Crippen LogP contribution in [0.15, 0.2) is 59.1 Å². The van der Waals surface area contributed by atoms with Gasteiger partial charge in [-0.25, -0.2) is 4.39 Å². The van der Waals surface area contributed by atoms with Gasteiger partial charge < -0.3 is 0 Å². The molecule has 6 heteroatoms. The zero-order valence-corrected chi connectivity index (χ0v) is 12.9. The largest absolute Gasteiger partial charge is 0.269 e. The number of hydrazine groups is 1.